The summed E-state index contributed by atoms with van der Waals surface area (Å²) in [5, 5.41) is 8.10. The fourth-order valence-corrected chi connectivity index (χ4v) is 4.91. The molecule has 0 aliphatic carbocycles. The smallest absolute Gasteiger partial charge is 0.213 e. The molecule has 0 saturated carbocycles. The zero-order valence-corrected chi connectivity index (χ0v) is 20.6. The van der Waals surface area contributed by atoms with Crippen molar-refractivity contribution < 1.29 is 14.2 Å². The lowest BCUT2D eigenvalue weighted by atomic mass is 9.96. The summed E-state index contributed by atoms with van der Waals surface area (Å²) >= 11 is 12.9. The van der Waals surface area contributed by atoms with Gasteiger partial charge in [-0.15, -0.1) is 0 Å². The molecule has 5 nitrogen and oxygen atoms in total. The van der Waals surface area contributed by atoms with Crippen LogP contribution < -0.4 is 14.2 Å². The van der Waals surface area contributed by atoms with Crippen LogP contribution in [0, 0.1) is 0 Å². The first-order chi connectivity index (χ1) is 16.6. The van der Waals surface area contributed by atoms with Crippen LogP contribution >= 0.6 is 23.2 Å². The average molecular weight is 497 g/mol. The number of benzene rings is 3. The van der Waals surface area contributed by atoms with Crippen LogP contribution in [-0.4, -0.2) is 24.4 Å². The molecule has 0 saturated heterocycles. The van der Waals surface area contributed by atoms with Gasteiger partial charge in [0.25, 0.3) is 0 Å². The molecule has 7 heteroatoms. The zero-order valence-electron chi connectivity index (χ0n) is 19.1. The van der Waals surface area contributed by atoms with E-state index in [1.54, 1.807) is 13.2 Å². The summed E-state index contributed by atoms with van der Waals surface area (Å²) in [6, 6.07) is 19.6. The fourth-order valence-electron chi connectivity index (χ4n) is 4.36. The van der Waals surface area contributed by atoms with E-state index in [2.05, 4.69) is 6.92 Å². The molecular formula is C27H26Cl2N2O3. The highest BCUT2D eigenvalue weighted by Gasteiger charge is 2.42. The molecule has 3 aromatic carbocycles. The Morgan fingerprint density at radius 3 is 2.47 bits per heavy atom. The molecule has 2 aliphatic rings. The number of ether oxygens (including phenoxy) is 3. The highest BCUT2D eigenvalue weighted by molar-refractivity contribution is 6.35. The number of hydrogen-bond acceptors (Lipinski definition) is 5. The van der Waals surface area contributed by atoms with Gasteiger partial charge in [-0.3, -0.25) is 0 Å². The van der Waals surface area contributed by atoms with Crippen molar-refractivity contribution in [2.24, 2.45) is 5.10 Å². The van der Waals surface area contributed by atoms with Crippen molar-refractivity contribution in [3.63, 3.8) is 0 Å². The molecule has 2 atom stereocenters. The van der Waals surface area contributed by atoms with Gasteiger partial charge in [-0.1, -0.05) is 36.5 Å². The Hall–Kier alpha value is -2.89. The molecule has 2 heterocycles. The Balaban J connectivity index is 1.50. The monoisotopic (exact) mass is 496 g/mol. The molecule has 34 heavy (non-hydrogen) atoms. The highest BCUT2D eigenvalue weighted by atomic mass is 35.5. The number of hydrogen-bond donors (Lipinski definition) is 0. The molecule has 0 radical (unpaired) electrons. The summed E-state index contributed by atoms with van der Waals surface area (Å²) in [6.45, 7) is 2.86. The Morgan fingerprint density at radius 1 is 1.03 bits per heavy atom. The van der Waals surface area contributed by atoms with Crippen LogP contribution in [0.5, 0.6) is 17.2 Å². The molecule has 176 valence electrons. The third-order valence-electron chi connectivity index (χ3n) is 6.16. The topological polar surface area (TPSA) is 43.3 Å². The first-order valence-electron chi connectivity index (χ1n) is 11.5. The van der Waals surface area contributed by atoms with Crippen molar-refractivity contribution in [3.8, 4) is 17.2 Å². The molecule has 0 N–H and O–H groups in total. The Labute approximate surface area is 209 Å². The average Bonchev–Trinajstić information content (AvgIpc) is 3.30. The van der Waals surface area contributed by atoms with Gasteiger partial charge < -0.3 is 14.2 Å². The van der Waals surface area contributed by atoms with Crippen molar-refractivity contribution in [3.05, 3.63) is 87.4 Å². The number of halogens is 2. The van der Waals surface area contributed by atoms with Crippen molar-refractivity contribution in [1.29, 1.82) is 0 Å². The predicted octanol–water partition coefficient (Wildman–Crippen LogP) is 7.42. The number of nitrogens with zero attached hydrogens (tertiary/aromatic N) is 2. The van der Waals surface area contributed by atoms with Crippen LogP contribution in [0.2, 0.25) is 10.0 Å². The van der Waals surface area contributed by atoms with E-state index in [0.717, 1.165) is 46.7 Å². The molecule has 0 unspecified atom stereocenters. The van der Waals surface area contributed by atoms with E-state index in [4.69, 9.17) is 42.5 Å². The Bertz CT molecular complexity index is 1200. The second kappa shape index (κ2) is 9.77. The lowest BCUT2D eigenvalue weighted by Gasteiger charge is -2.38. The van der Waals surface area contributed by atoms with E-state index in [0.29, 0.717) is 28.8 Å². The molecule has 5 rings (SSSR count). The molecular weight excluding hydrogens is 471 g/mol. The third-order valence-corrected chi connectivity index (χ3v) is 6.66. The van der Waals surface area contributed by atoms with Crippen LogP contribution in [0.15, 0.2) is 65.8 Å². The van der Waals surface area contributed by atoms with Gasteiger partial charge in [0.2, 0.25) is 6.23 Å². The normalized spacial score (nSPS) is 18.6. The van der Waals surface area contributed by atoms with Gasteiger partial charge in [0.1, 0.15) is 17.2 Å². The van der Waals surface area contributed by atoms with Crippen molar-refractivity contribution >= 4 is 28.9 Å². The molecule has 0 aromatic heterocycles. The Morgan fingerprint density at radius 2 is 1.76 bits per heavy atom. The van der Waals surface area contributed by atoms with Crippen molar-refractivity contribution in [1.82, 2.24) is 5.01 Å². The molecule has 3 aromatic rings. The van der Waals surface area contributed by atoms with E-state index < -0.39 is 6.23 Å². The molecule has 0 spiro atoms. The first kappa shape index (κ1) is 22.9. The standard InChI is InChI=1S/C27H26Cl2N2O3/c1-3-4-13-33-21-11-7-18(8-12-21)27-31-25(22-14-19(28)15-23(29)26(22)34-27)16-24(30-31)17-5-9-20(32-2)10-6-17/h5-12,14-15,25,27H,3-4,13,16H2,1-2H3/t25-,27+/m0/s1. The molecule has 2 aliphatic heterocycles. The lowest BCUT2D eigenvalue weighted by Crippen LogP contribution is -2.33. The van der Waals surface area contributed by atoms with E-state index >= 15 is 0 Å². The van der Waals surface area contributed by atoms with Crippen LogP contribution in [0.3, 0.4) is 0 Å². The van der Waals surface area contributed by atoms with E-state index in [1.807, 2.05) is 59.6 Å². The number of fused-ring (bicyclic) bond motifs is 3. The summed E-state index contributed by atoms with van der Waals surface area (Å²) in [7, 11) is 1.66. The van der Waals surface area contributed by atoms with Crippen LogP contribution in [0.4, 0.5) is 0 Å². The maximum atomic E-state index is 6.57. The minimum absolute atomic E-state index is 0.0393. The lowest BCUT2D eigenvalue weighted by molar-refractivity contribution is -0.0189. The number of rotatable bonds is 7. The maximum absolute atomic E-state index is 6.57. The maximum Gasteiger partial charge on any atom is 0.213 e. The molecule has 0 fully saturated rings. The predicted molar refractivity (Wildman–Crippen MR) is 135 cm³/mol. The second-order valence-electron chi connectivity index (χ2n) is 8.42. The highest BCUT2D eigenvalue weighted by Crippen LogP contribution is 2.50. The van der Waals surface area contributed by atoms with Crippen molar-refractivity contribution in [2.45, 2.75) is 38.5 Å². The third kappa shape index (κ3) is 4.42. The summed E-state index contributed by atoms with van der Waals surface area (Å²) in [6.07, 6.45) is 2.43. The first-order valence-corrected chi connectivity index (χ1v) is 12.2. The van der Waals surface area contributed by atoms with Gasteiger partial charge in [-0.05, 0) is 72.6 Å². The number of methoxy groups -OCH3 is 1. The van der Waals surface area contributed by atoms with Gasteiger partial charge in [0.15, 0.2) is 0 Å². The van der Waals surface area contributed by atoms with Crippen LogP contribution in [0.1, 0.15) is 55.1 Å². The van der Waals surface area contributed by atoms with E-state index in [9.17, 15) is 0 Å². The molecule has 0 bridgehead atoms. The van der Waals surface area contributed by atoms with E-state index in [-0.39, 0.29) is 6.04 Å². The van der Waals surface area contributed by atoms with Gasteiger partial charge >= 0.3 is 0 Å². The minimum Gasteiger partial charge on any atom is -0.497 e. The van der Waals surface area contributed by atoms with Gasteiger partial charge in [0.05, 0.1) is 30.5 Å². The van der Waals surface area contributed by atoms with Gasteiger partial charge in [0, 0.05) is 22.6 Å². The summed E-state index contributed by atoms with van der Waals surface area (Å²) in [5.74, 6) is 2.32. The Kier molecular flexibility index (Phi) is 6.57. The number of unbranched alkanes of at least 4 members (excludes halogenated alkanes) is 1. The van der Waals surface area contributed by atoms with Crippen LogP contribution in [0.25, 0.3) is 0 Å². The van der Waals surface area contributed by atoms with Crippen molar-refractivity contribution in [2.75, 3.05) is 13.7 Å². The minimum atomic E-state index is -0.420. The van der Waals surface area contributed by atoms with Gasteiger partial charge in [-0.25, -0.2) is 5.01 Å². The second-order valence-corrected chi connectivity index (χ2v) is 9.27. The fraction of sp³-hybridized carbons (Fsp3) is 0.296. The molecule has 0 amide bonds. The summed E-state index contributed by atoms with van der Waals surface area (Å²) in [4.78, 5) is 0. The quantitative estimate of drug-likeness (QED) is 0.319. The number of hydrazone groups is 1. The summed E-state index contributed by atoms with van der Waals surface area (Å²) in [5.41, 5.74) is 3.94. The largest absolute Gasteiger partial charge is 0.497 e. The van der Waals surface area contributed by atoms with E-state index in [1.165, 1.54) is 0 Å². The van der Waals surface area contributed by atoms with Gasteiger partial charge in [-0.2, -0.15) is 5.10 Å². The SMILES string of the molecule is CCCCOc1ccc([C@H]2Oc3c(Cl)cc(Cl)cc3[C@@H]3CC(c4ccc(OC)cc4)=NN23)cc1. The summed E-state index contributed by atoms with van der Waals surface area (Å²) < 4.78 is 17.6. The van der Waals surface area contributed by atoms with Crippen LogP contribution in [-0.2, 0) is 0 Å². The zero-order chi connectivity index (χ0) is 23.7.